The number of amides is 1. The standard InChI is InChI=1S/C9H18N2O2/c1-7(12)6-11-5-4-10(3)9(13)8(11)2/h7-8,12H,4-6H2,1-3H3. The number of hydrogen-bond acceptors (Lipinski definition) is 3. The minimum absolute atomic E-state index is 0.0895. The Labute approximate surface area is 79.1 Å². The maximum Gasteiger partial charge on any atom is 0.239 e. The summed E-state index contributed by atoms with van der Waals surface area (Å²) in [4.78, 5) is 15.3. The number of nitrogens with zero attached hydrogens (tertiary/aromatic N) is 2. The van der Waals surface area contributed by atoms with Crippen LogP contribution in [-0.4, -0.2) is 59.6 Å². The van der Waals surface area contributed by atoms with Gasteiger partial charge in [0.2, 0.25) is 5.91 Å². The molecular formula is C9H18N2O2. The molecule has 4 heteroatoms. The SMILES string of the molecule is CC(O)CN1CCN(C)C(=O)C1C. The van der Waals surface area contributed by atoms with Crippen LogP contribution in [0.15, 0.2) is 0 Å². The molecular weight excluding hydrogens is 168 g/mol. The average Bonchev–Trinajstić information content (AvgIpc) is 2.06. The quantitative estimate of drug-likeness (QED) is 0.634. The van der Waals surface area contributed by atoms with Crippen LogP contribution in [0.4, 0.5) is 0 Å². The number of likely N-dealkylation sites (N-methyl/N-ethyl adjacent to an activating group) is 1. The summed E-state index contributed by atoms with van der Waals surface area (Å²) in [6.45, 7) is 5.83. The number of aliphatic hydroxyl groups is 1. The van der Waals surface area contributed by atoms with Gasteiger partial charge in [0, 0.05) is 26.7 Å². The normalized spacial score (nSPS) is 27.8. The minimum atomic E-state index is -0.362. The fourth-order valence-corrected chi connectivity index (χ4v) is 1.65. The third-order valence-corrected chi connectivity index (χ3v) is 2.50. The van der Waals surface area contributed by atoms with Gasteiger partial charge in [-0.3, -0.25) is 9.69 Å². The fraction of sp³-hybridized carbons (Fsp3) is 0.889. The molecule has 2 unspecified atom stereocenters. The van der Waals surface area contributed by atoms with Crippen LogP contribution in [0.5, 0.6) is 0 Å². The van der Waals surface area contributed by atoms with Crippen LogP contribution in [0.1, 0.15) is 13.8 Å². The van der Waals surface area contributed by atoms with Gasteiger partial charge < -0.3 is 10.0 Å². The molecule has 0 aromatic heterocycles. The summed E-state index contributed by atoms with van der Waals surface area (Å²) >= 11 is 0. The van der Waals surface area contributed by atoms with Crippen LogP contribution in [-0.2, 0) is 4.79 Å². The van der Waals surface area contributed by atoms with Gasteiger partial charge in [-0.2, -0.15) is 0 Å². The summed E-state index contributed by atoms with van der Waals surface area (Å²) in [5.41, 5.74) is 0. The first-order chi connectivity index (χ1) is 6.02. The Morgan fingerprint density at radius 2 is 2.23 bits per heavy atom. The van der Waals surface area contributed by atoms with E-state index >= 15 is 0 Å². The summed E-state index contributed by atoms with van der Waals surface area (Å²) in [5, 5.41) is 9.21. The Balaban J connectivity index is 2.54. The van der Waals surface area contributed by atoms with Crippen molar-refractivity contribution in [2.45, 2.75) is 26.0 Å². The second-order valence-corrected chi connectivity index (χ2v) is 3.78. The molecule has 0 spiro atoms. The van der Waals surface area contributed by atoms with Gasteiger partial charge in [0.1, 0.15) is 0 Å². The van der Waals surface area contributed by atoms with E-state index in [1.807, 2.05) is 18.9 Å². The molecule has 1 amide bonds. The Morgan fingerprint density at radius 3 is 2.77 bits per heavy atom. The summed E-state index contributed by atoms with van der Waals surface area (Å²) in [6.07, 6.45) is -0.362. The van der Waals surface area contributed by atoms with Crippen LogP contribution < -0.4 is 0 Å². The molecule has 2 atom stereocenters. The first-order valence-electron chi connectivity index (χ1n) is 4.69. The molecule has 0 saturated carbocycles. The molecule has 0 aliphatic carbocycles. The third-order valence-electron chi connectivity index (χ3n) is 2.50. The lowest BCUT2D eigenvalue weighted by atomic mass is 10.1. The van der Waals surface area contributed by atoms with E-state index in [2.05, 4.69) is 0 Å². The van der Waals surface area contributed by atoms with E-state index in [-0.39, 0.29) is 18.1 Å². The number of piperazine rings is 1. The number of carbonyl (C=O) groups excluding carboxylic acids is 1. The highest BCUT2D eigenvalue weighted by Crippen LogP contribution is 2.09. The van der Waals surface area contributed by atoms with Gasteiger partial charge in [-0.15, -0.1) is 0 Å². The Hall–Kier alpha value is -0.610. The predicted molar refractivity (Wildman–Crippen MR) is 50.4 cm³/mol. The van der Waals surface area contributed by atoms with Crippen molar-refractivity contribution < 1.29 is 9.90 Å². The molecule has 0 bridgehead atoms. The zero-order chi connectivity index (χ0) is 10.0. The first kappa shape index (κ1) is 10.5. The lowest BCUT2D eigenvalue weighted by Gasteiger charge is -2.37. The van der Waals surface area contributed by atoms with E-state index < -0.39 is 0 Å². The summed E-state index contributed by atoms with van der Waals surface area (Å²) in [6, 6.07) is -0.0895. The smallest absolute Gasteiger partial charge is 0.239 e. The van der Waals surface area contributed by atoms with E-state index in [1.54, 1.807) is 11.8 Å². The highest BCUT2D eigenvalue weighted by molar-refractivity contribution is 5.81. The first-order valence-corrected chi connectivity index (χ1v) is 4.69. The highest BCUT2D eigenvalue weighted by atomic mass is 16.3. The molecule has 1 N–H and O–H groups in total. The van der Waals surface area contributed by atoms with Crippen LogP contribution in [0.2, 0.25) is 0 Å². The minimum Gasteiger partial charge on any atom is -0.392 e. The van der Waals surface area contributed by atoms with Crippen LogP contribution in [0.3, 0.4) is 0 Å². The van der Waals surface area contributed by atoms with Gasteiger partial charge in [0.25, 0.3) is 0 Å². The molecule has 0 aromatic carbocycles. The molecule has 1 heterocycles. The van der Waals surface area contributed by atoms with E-state index in [4.69, 9.17) is 0 Å². The maximum atomic E-state index is 11.5. The predicted octanol–water partition coefficient (Wildman–Crippen LogP) is -0.470. The Morgan fingerprint density at radius 1 is 1.62 bits per heavy atom. The molecule has 1 rings (SSSR count). The van der Waals surface area contributed by atoms with Gasteiger partial charge in [-0.05, 0) is 13.8 Å². The number of aliphatic hydroxyl groups excluding tert-OH is 1. The largest absolute Gasteiger partial charge is 0.392 e. The van der Waals surface area contributed by atoms with E-state index in [0.717, 1.165) is 13.1 Å². The van der Waals surface area contributed by atoms with Crippen molar-refractivity contribution >= 4 is 5.91 Å². The number of carbonyl (C=O) groups is 1. The van der Waals surface area contributed by atoms with Crippen molar-refractivity contribution in [2.24, 2.45) is 0 Å². The number of hydrogen-bond donors (Lipinski definition) is 1. The van der Waals surface area contributed by atoms with Gasteiger partial charge in [-0.25, -0.2) is 0 Å². The van der Waals surface area contributed by atoms with Crippen LogP contribution >= 0.6 is 0 Å². The number of rotatable bonds is 2. The van der Waals surface area contributed by atoms with Crippen molar-refractivity contribution in [2.75, 3.05) is 26.7 Å². The molecule has 1 aliphatic heterocycles. The van der Waals surface area contributed by atoms with Gasteiger partial charge >= 0.3 is 0 Å². The molecule has 1 aliphatic rings. The molecule has 13 heavy (non-hydrogen) atoms. The molecule has 4 nitrogen and oxygen atoms in total. The van der Waals surface area contributed by atoms with Gasteiger partial charge in [0.05, 0.1) is 12.1 Å². The average molecular weight is 186 g/mol. The summed E-state index contributed by atoms with van der Waals surface area (Å²) in [5.74, 6) is 0.145. The fourth-order valence-electron chi connectivity index (χ4n) is 1.65. The molecule has 0 radical (unpaired) electrons. The maximum absolute atomic E-state index is 11.5. The zero-order valence-electron chi connectivity index (χ0n) is 8.53. The summed E-state index contributed by atoms with van der Waals surface area (Å²) < 4.78 is 0. The zero-order valence-corrected chi connectivity index (χ0v) is 8.53. The highest BCUT2D eigenvalue weighted by Gasteiger charge is 2.29. The van der Waals surface area contributed by atoms with Gasteiger partial charge in [0.15, 0.2) is 0 Å². The second kappa shape index (κ2) is 4.07. The Kier molecular flexibility index (Phi) is 3.27. The van der Waals surface area contributed by atoms with Crippen molar-refractivity contribution in [3.05, 3.63) is 0 Å². The van der Waals surface area contributed by atoms with Gasteiger partial charge in [-0.1, -0.05) is 0 Å². The van der Waals surface area contributed by atoms with Crippen LogP contribution in [0.25, 0.3) is 0 Å². The molecule has 0 aromatic rings. The second-order valence-electron chi connectivity index (χ2n) is 3.78. The van der Waals surface area contributed by atoms with Crippen molar-refractivity contribution in [3.8, 4) is 0 Å². The lowest BCUT2D eigenvalue weighted by molar-refractivity contribution is -0.139. The monoisotopic (exact) mass is 186 g/mol. The van der Waals surface area contributed by atoms with E-state index in [1.165, 1.54) is 0 Å². The van der Waals surface area contributed by atoms with Crippen LogP contribution in [0, 0.1) is 0 Å². The topological polar surface area (TPSA) is 43.8 Å². The number of β-amino-alcohol motifs (C(OH)–C–C–N with tert-alkyl or cyclic N) is 1. The van der Waals surface area contributed by atoms with Crippen molar-refractivity contribution in [1.82, 2.24) is 9.80 Å². The molecule has 1 fully saturated rings. The summed E-state index contributed by atoms with van der Waals surface area (Å²) in [7, 11) is 1.82. The Bertz CT molecular complexity index is 194. The molecule has 1 saturated heterocycles. The lowest BCUT2D eigenvalue weighted by Crippen LogP contribution is -2.55. The van der Waals surface area contributed by atoms with E-state index in [0.29, 0.717) is 6.54 Å². The third kappa shape index (κ3) is 2.42. The van der Waals surface area contributed by atoms with E-state index in [9.17, 15) is 9.90 Å². The molecule has 76 valence electrons. The van der Waals surface area contributed by atoms with Crippen molar-refractivity contribution in [3.63, 3.8) is 0 Å². The van der Waals surface area contributed by atoms with Crippen molar-refractivity contribution in [1.29, 1.82) is 0 Å².